The van der Waals surface area contributed by atoms with Crippen molar-refractivity contribution in [3.05, 3.63) is 46.7 Å². The summed E-state index contributed by atoms with van der Waals surface area (Å²) in [6.07, 6.45) is -7.37. The first-order chi connectivity index (χ1) is 13.2. The number of allylic oxidation sites excluding steroid dienone is 1. The summed E-state index contributed by atoms with van der Waals surface area (Å²) in [5, 5.41) is 10.4. The highest BCUT2D eigenvalue weighted by Gasteiger charge is 2.88. The molecule has 0 fully saturated rings. The van der Waals surface area contributed by atoms with E-state index in [0.29, 0.717) is 24.3 Å². The summed E-state index contributed by atoms with van der Waals surface area (Å²) in [4.78, 5) is 20.9. The molecule has 168 valence electrons. The molecule has 1 rings (SSSR count). The van der Waals surface area contributed by atoms with E-state index in [0.717, 1.165) is 0 Å². The predicted molar refractivity (Wildman–Crippen MR) is 73.7 cm³/mol. The van der Waals surface area contributed by atoms with E-state index in [4.69, 9.17) is 0 Å². The van der Waals surface area contributed by atoms with Crippen molar-refractivity contribution >= 4 is 11.5 Å². The summed E-state index contributed by atoms with van der Waals surface area (Å²) < 4.78 is 146. The Morgan fingerprint density at radius 3 is 1.63 bits per heavy atom. The number of carbonyl (C=O) groups excluding carboxylic acids is 1. The number of hydrogen-bond donors (Lipinski definition) is 0. The van der Waals surface area contributed by atoms with E-state index in [9.17, 15) is 63.2 Å². The number of carbonyl (C=O) groups is 1. The van der Waals surface area contributed by atoms with Crippen molar-refractivity contribution in [2.75, 3.05) is 0 Å². The number of ketones is 1. The quantitative estimate of drug-likeness (QED) is 0.176. The molecule has 0 bridgehead atoms. The van der Waals surface area contributed by atoms with Gasteiger partial charge in [0, 0.05) is 12.1 Å². The molecular weight excluding hydrogens is 455 g/mol. The molecule has 0 aromatic heterocycles. The summed E-state index contributed by atoms with van der Waals surface area (Å²) >= 11 is 0. The van der Waals surface area contributed by atoms with Crippen molar-refractivity contribution < 1.29 is 62.7 Å². The Balaban J connectivity index is 3.22. The van der Waals surface area contributed by atoms with Crippen molar-refractivity contribution in [3.8, 4) is 5.75 Å². The predicted octanol–water partition coefficient (Wildman–Crippen LogP) is 5.16. The Bertz CT molecular complexity index is 846. The van der Waals surface area contributed by atoms with Crippen molar-refractivity contribution in [2.24, 2.45) is 0 Å². The zero-order valence-electron chi connectivity index (χ0n) is 13.8. The lowest BCUT2D eigenvalue weighted by molar-refractivity contribution is -0.416. The van der Waals surface area contributed by atoms with Crippen LogP contribution < -0.4 is 4.74 Å². The molecule has 0 saturated heterocycles. The van der Waals surface area contributed by atoms with Crippen molar-refractivity contribution in [1.82, 2.24) is 0 Å². The van der Waals surface area contributed by atoms with Crippen LogP contribution in [0.25, 0.3) is 0 Å². The minimum atomic E-state index is -7.76. The van der Waals surface area contributed by atoms with E-state index < -0.39 is 57.8 Å². The summed E-state index contributed by atoms with van der Waals surface area (Å²) in [5.41, 5.74) is -0.592. The van der Waals surface area contributed by atoms with E-state index in [1.807, 2.05) is 0 Å². The molecule has 1 aromatic rings. The molecule has 0 radical (unpaired) electrons. The third-order valence-electron chi connectivity index (χ3n) is 3.37. The first-order valence-corrected chi connectivity index (χ1v) is 6.95. The molecule has 0 atom stereocenters. The first-order valence-electron chi connectivity index (χ1n) is 6.95. The van der Waals surface area contributed by atoms with Gasteiger partial charge in [0.25, 0.3) is 11.5 Å². The number of alkyl halides is 11. The van der Waals surface area contributed by atoms with Crippen LogP contribution in [0.5, 0.6) is 5.75 Å². The lowest BCUT2D eigenvalue weighted by Gasteiger charge is -2.36. The average molecular weight is 461 g/mol. The second-order valence-corrected chi connectivity index (χ2v) is 5.40. The zero-order valence-corrected chi connectivity index (χ0v) is 13.8. The summed E-state index contributed by atoms with van der Waals surface area (Å²) in [6.45, 7) is 2.41. The number of rotatable bonds is 8. The number of halogens is 11. The first kappa shape index (κ1) is 25.1. The van der Waals surface area contributed by atoms with Gasteiger partial charge >= 0.3 is 29.9 Å². The van der Waals surface area contributed by atoms with Gasteiger partial charge in [-0.1, -0.05) is 6.58 Å². The fraction of sp³-hybridized carbons (Fsp3) is 0.357. The largest absolute Gasteiger partial charge is 0.460 e. The lowest BCUT2D eigenvalue weighted by Crippen LogP contribution is -2.68. The number of nitro groups is 1. The van der Waals surface area contributed by atoms with E-state index in [1.54, 1.807) is 0 Å². The lowest BCUT2D eigenvalue weighted by atomic mass is 9.95. The maximum absolute atomic E-state index is 13.6. The van der Waals surface area contributed by atoms with Gasteiger partial charge in [-0.15, -0.1) is 0 Å². The van der Waals surface area contributed by atoms with E-state index in [1.165, 1.54) is 0 Å². The Labute approximate surface area is 157 Å². The Morgan fingerprint density at radius 1 is 0.833 bits per heavy atom. The molecule has 0 N–H and O–H groups in total. The van der Waals surface area contributed by atoms with Crippen LogP contribution in [0.2, 0.25) is 0 Å². The Kier molecular flexibility index (Phi) is 6.18. The topological polar surface area (TPSA) is 69.4 Å². The van der Waals surface area contributed by atoms with Gasteiger partial charge in [0.15, 0.2) is 5.76 Å². The van der Waals surface area contributed by atoms with Gasteiger partial charge in [-0.05, 0) is 12.1 Å². The molecule has 0 aliphatic carbocycles. The van der Waals surface area contributed by atoms with Crippen LogP contribution in [0.1, 0.15) is 0 Å². The maximum atomic E-state index is 13.6. The van der Waals surface area contributed by atoms with Crippen molar-refractivity contribution in [2.45, 2.75) is 29.9 Å². The van der Waals surface area contributed by atoms with Crippen LogP contribution in [0.4, 0.5) is 54.0 Å². The zero-order chi connectivity index (χ0) is 23.9. The van der Waals surface area contributed by atoms with Gasteiger partial charge in [0.1, 0.15) is 5.75 Å². The van der Waals surface area contributed by atoms with E-state index >= 15 is 0 Å². The average Bonchev–Trinajstić information content (AvgIpc) is 2.59. The standard InChI is InChI=1S/C14H6F11NO4/c1-6(30-8-4-2-7(3-5-8)26(28)29)9(27)10(15,16)11(17,18)12(19,20)13(21,22)14(23,24)25/h2-5H,1H2. The highest BCUT2D eigenvalue weighted by atomic mass is 19.4. The smallest absolute Gasteiger partial charge is 0.454 e. The molecule has 0 spiro atoms. The van der Waals surface area contributed by atoms with Crippen LogP contribution in [0.3, 0.4) is 0 Å². The minimum Gasteiger partial charge on any atom is -0.454 e. The van der Waals surface area contributed by atoms with Crippen molar-refractivity contribution in [1.29, 1.82) is 0 Å². The SMILES string of the molecule is C=C(Oc1ccc([N+](=O)[O-])cc1)C(=O)C(F)(F)C(F)(F)C(F)(F)C(F)(F)C(F)(F)F. The Hall–Kier alpha value is -2.94. The summed E-state index contributed by atoms with van der Waals surface area (Å²) in [5.74, 6) is -36.0. The molecule has 0 amide bonds. The molecule has 30 heavy (non-hydrogen) atoms. The monoisotopic (exact) mass is 461 g/mol. The normalized spacial score (nSPS) is 13.7. The molecule has 0 heterocycles. The van der Waals surface area contributed by atoms with Gasteiger partial charge in [-0.2, -0.15) is 48.3 Å². The molecule has 0 aliphatic heterocycles. The number of nitrogens with zero attached hydrogens (tertiary/aromatic N) is 1. The van der Waals surface area contributed by atoms with Gasteiger partial charge in [-0.25, -0.2) is 0 Å². The van der Waals surface area contributed by atoms with E-state index in [2.05, 4.69) is 11.3 Å². The molecule has 0 unspecified atom stereocenters. The maximum Gasteiger partial charge on any atom is 0.460 e. The fourth-order valence-electron chi connectivity index (χ4n) is 1.71. The summed E-state index contributed by atoms with van der Waals surface area (Å²) in [7, 11) is 0. The van der Waals surface area contributed by atoms with Gasteiger partial charge in [0.05, 0.1) is 4.92 Å². The van der Waals surface area contributed by atoms with Crippen LogP contribution in [-0.4, -0.2) is 40.6 Å². The molecule has 5 nitrogen and oxygen atoms in total. The van der Waals surface area contributed by atoms with Gasteiger partial charge in [0.2, 0.25) is 0 Å². The molecule has 0 saturated carbocycles. The molecule has 16 heteroatoms. The number of non-ortho nitro benzene ring substituents is 1. The van der Waals surface area contributed by atoms with Crippen LogP contribution in [-0.2, 0) is 4.79 Å². The Morgan fingerprint density at radius 2 is 1.27 bits per heavy atom. The summed E-state index contributed by atoms with van der Waals surface area (Å²) in [6, 6.07) is 2.58. The van der Waals surface area contributed by atoms with Crippen LogP contribution in [0.15, 0.2) is 36.6 Å². The third-order valence-corrected chi connectivity index (χ3v) is 3.37. The fourth-order valence-corrected chi connectivity index (χ4v) is 1.71. The number of Topliss-reactive ketones (excluding diaryl/α,β-unsaturated/α-hetero) is 1. The van der Waals surface area contributed by atoms with Crippen LogP contribution in [0, 0.1) is 10.1 Å². The molecular formula is C14H6F11NO4. The second kappa shape index (κ2) is 7.39. The minimum absolute atomic E-state index is 0.592. The van der Waals surface area contributed by atoms with Crippen LogP contribution >= 0.6 is 0 Å². The number of ether oxygens (including phenoxy) is 1. The van der Waals surface area contributed by atoms with E-state index in [-0.39, 0.29) is 0 Å². The number of benzene rings is 1. The number of nitro benzene ring substituents is 1. The van der Waals surface area contributed by atoms with Gasteiger partial charge in [-0.3, -0.25) is 14.9 Å². The number of hydrogen-bond acceptors (Lipinski definition) is 4. The second-order valence-electron chi connectivity index (χ2n) is 5.40. The van der Waals surface area contributed by atoms with Crippen molar-refractivity contribution in [3.63, 3.8) is 0 Å². The third kappa shape index (κ3) is 3.89. The molecule has 0 aliphatic rings. The molecule has 1 aromatic carbocycles. The highest BCUT2D eigenvalue weighted by Crippen LogP contribution is 2.57. The highest BCUT2D eigenvalue weighted by molar-refractivity contribution is 5.99. The van der Waals surface area contributed by atoms with Gasteiger partial charge < -0.3 is 4.74 Å².